The van der Waals surface area contributed by atoms with E-state index in [1.807, 2.05) is 53.7 Å². The summed E-state index contributed by atoms with van der Waals surface area (Å²) in [5.41, 5.74) is 1.99. The third-order valence-electron chi connectivity index (χ3n) is 3.99. The zero-order chi connectivity index (χ0) is 19.2. The van der Waals surface area contributed by atoms with E-state index in [0.29, 0.717) is 29.2 Å². The van der Waals surface area contributed by atoms with Crippen LogP contribution in [0, 0.1) is 0 Å². The van der Waals surface area contributed by atoms with Gasteiger partial charge in [-0.25, -0.2) is 15.0 Å². The molecule has 0 unspecified atom stereocenters. The first-order valence-electron chi connectivity index (χ1n) is 8.53. The summed E-state index contributed by atoms with van der Waals surface area (Å²) in [6, 6.07) is 5.80. The highest BCUT2D eigenvalue weighted by Gasteiger charge is 2.09. The van der Waals surface area contributed by atoms with Crippen molar-refractivity contribution in [3.05, 3.63) is 64.6 Å². The van der Waals surface area contributed by atoms with Gasteiger partial charge in [-0.15, -0.1) is 0 Å². The average Bonchev–Trinajstić information content (AvgIpc) is 3.30. The molecular formula is C18H21Cl2N7. The maximum atomic E-state index is 6.11. The zero-order valence-electron chi connectivity index (χ0n) is 15.2. The molecule has 0 aromatic carbocycles. The van der Waals surface area contributed by atoms with Gasteiger partial charge in [0, 0.05) is 37.9 Å². The lowest BCUT2D eigenvalue weighted by atomic mass is 10.3. The van der Waals surface area contributed by atoms with Gasteiger partial charge in [-0.1, -0.05) is 29.3 Å². The van der Waals surface area contributed by atoms with Crippen molar-refractivity contribution in [1.29, 1.82) is 0 Å². The number of rotatable bonds is 6. The van der Waals surface area contributed by atoms with Gasteiger partial charge < -0.3 is 15.2 Å². The molecule has 2 N–H and O–H groups in total. The summed E-state index contributed by atoms with van der Waals surface area (Å²) in [6.45, 7) is 3.86. The van der Waals surface area contributed by atoms with Crippen molar-refractivity contribution < 1.29 is 0 Å². The normalized spacial score (nSPS) is 11.6. The minimum atomic E-state index is 0.515. The smallest absolute Gasteiger partial charge is 0.191 e. The zero-order valence-corrected chi connectivity index (χ0v) is 16.7. The first-order valence-corrected chi connectivity index (χ1v) is 9.29. The van der Waals surface area contributed by atoms with E-state index in [1.54, 1.807) is 12.5 Å². The fourth-order valence-corrected chi connectivity index (χ4v) is 2.92. The van der Waals surface area contributed by atoms with Crippen LogP contribution in [0.2, 0.25) is 10.2 Å². The van der Waals surface area contributed by atoms with Gasteiger partial charge >= 0.3 is 0 Å². The molecule has 0 saturated carbocycles. The van der Waals surface area contributed by atoms with Crippen molar-refractivity contribution >= 4 is 29.2 Å². The first kappa shape index (κ1) is 19.3. The summed E-state index contributed by atoms with van der Waals surface area (Å²) in [7, 11) is 1.88. The number of imidazole rings is 1. The number of guanidine groups is 1. The Morgan fingerprint density at radius 1 is 1.26 bits per heavy atom. The van der Waals surface area contributed by atoms with Crippen LogP contribution in [0.5, 0.6) is 0 Å². The molecule has 0 aliphatic rings. The highest BCUT2D eigenvalue weighted by molar-refractivity contribution is 6.41. The molecule has 0 atom stereocenters. The number of aliphatic imine (C=N–C) groups is 1. The molecule has 142 valence electrons. The minimum Gasteiger partial charge on any atom is -0.357 e. The SMILES string of the molecule is CCNC(=NCc1ccc(-n2ccnc2)nc1)NCc1cc(Cl)c(Cl)n1C. The molecule has 3 aromatic rings. The maximum absolute atomic E-state index is 6.11. The highest BCUT2D eigenvalue weighted by Crippen LogP contribution is 2.24. The Labute approximate surface area is 168 Å². The van der Waals surface area contributed by atoms with Crippen LogP contribution >= 0.6 is 23.2 Å². The van der Waals surface area contributed by atoms with Gasteiger partial charge in [-0.2, -0.15) is 0 Å². The highest BCUT2D eigenvalue weighted by atomic mass is 35.5. The number of hydrogen-bond donors (Lipinski definition) is 2. The fraction of sp³-hybridized carbons (Fsp3) is 0.278. The third-order valence-corrected chi connectivity index (χ3v) is 4.84. The van der Waals surface area contributed by atoms with Crippen LogP contribution in [0.1, 0.15) is 18.2 Å². The van der Waals surface area contributed by atoms with Crippen molar-refractivity contribution in [3.8, 4) is 5.82 Å². The maximum Gasteiger partial charge on any atom is 0.191 e. The lowest BCUT2D eigenvalue weighted by Gasteiger charge is -2.12. The number of nitrogens with zero attached hydrogens (tertiary/aromatic N) is 5. The Kier molecular flexibility index (Phi) is 6.36. The third kappa shape index (κ3) is 4.81. The Balaban J connectivity index is 1.63. The van der Waals surface area contributed by atoms with Crippen LogP contribution in [-0.2, 0) is 20.1 Å². The van der Waals surface area contributed by atoms with Gasteiger partial charge in [0.1, 0.15) is 17.3 Å². The van der Waals surface area contributed by atoms with Gasteiger partial charge in [0.15, 0.2) is 5.96 Å². The summed E-state index contributed by atoms with van der Waals surface area (Å²) in [6.07, 6.45) is 7.12. The minimum absolute atomic E-state index is 0.515. The van der Waals surface area contributed by atoms with Crippen LogP contribution in [0.4, 0.5) is 0 Å². The molecule has 3 rings (SSSR count). The monoisotopic (exact) mass is 405 g/mol. The molecule has 0 aliphatic heterocycles. The van der Waals surface area contributed by atoms with Crippen LogP contribution in [0.3, 0.4) is 0 Å². The number of hydrogen-bond acceptors (Lipinski definition) is 3. The van der Waals surface area contributed by atoms with E-state index in [1.165, 1.54) is 0 Å². The van der Waals surface area contributed by atoms with Gasteiger partial charge in [0.2, 0.25) is 0 Å². The quantitative estimate of drug-likeness (QED) is 0.487. The molecule has 0 fully saturated rings. The van der Waals surface area contributed by atoms with Gasteiger partial charge in [0.25, 0.3) is 0 Å². The van der Waals surface area contributed by atoms with E-state index < -0.39 is 0 Å². The Hall–Kier alpha value is -2.51. The molecule has 9 heteroatoms. The Bertz CT molecular complexity index is 899. The van der Waals surface area contributed by atoms with Crippen molar-refractivity contribution in [2.45, 2.75) is 20.0 Å². The molecular weight excluding hydrogens is 385 g/mol. The van der Waals surface area contributed by atoms with Crippen LogP contribution in [0.15, 0.2) is 48.1 Å². The van der Waals surface area contributed by atoms with E-state index in [-0.39, 0.29) is 0 Å². The molecule has 0 saturated heterocycles. The van der Waals surface area contributed by atoms with Crippen LogP contribution in [0.25, 0.3) is 5.82 Å². The molecule has 0 amide bonds. The molecule has 27 heavy (non-hydrogen) atoms. The van der Waals surface area contributed by atoms with Gasteiger partial charge in [-0.3, -0.25) is 4.57 Å². The fourth-order valence-electron chi connectivity index (χ4n) is 2.50. The van der Waals surface area contributed by atoms with Crippen molar-refractivity contribution in [2.24, 2.45) is 12.0 Å². The summed E-state index contributed by atoms with van der Waals surface area (Å²) < 4.78 is 3.70. The van der Waals surface area contributed by atoms with Crippen molar-refractivity contribution in [1.82, 2.24) is 29.7 Å². The lowest BCUT2D eigenvalue weighted by Crippen LogP contribution is -2.37. The largest absolute Gasteiger partial charge is 0.357 e. The first-order chi connectivity index (χ1) is 13.1. The number of pyridine rings is 1. The summed E-state index contributed by atoms with van der Waals surface area (Å²) in [5.74, 6) is 1.53. The van der Waals surface area contributed by atoms with Crippen molar-refractivity contribution in [2.75, 3.05) is 6.54 Å². The van der Waals surface area contributed by atoms with E-state index in [4.69, 9.17) is 23.2 Å². The second-order valence-electron chi connectivity index (χ2n) is 5.88. The number of aromatic nitrogens is 4. The summed E-state index contributed by atoms with van der Waals surface area (Å²) >= 11 is 12.2. The van der Waals surface area contributed by atoms with Crippen LogP contribution in [-0.4, -0.2) is 31.6 Å². The number of halogens is 2. The average molecular weight is 406 g/mol. The van der Waals surface area contributed by atoms with Crippen molar-refractivity contribution in [3.63, 3.8) is 0 Å². The predicted molar refractivity (Wildman–Crippen MR) is 108 cm³/mol. The lowest BCUT2D eigenvalue weighted by molar-refractivity contribution is 0.752. The standard InChI is InChI=1S/C18H21Cl2N7/c1-3-22-18(25-11-14-8-15(19)17(20)26(14)2)24-10-13-4-5-16(23-9-13)27-7-6-21-12-27/h4-9,12H,3,10-11H2,1-2H3,(H2,22,24,25). The van der Waals surface area contributed by atoms with E-state index in [2.05, 4.69) is 25.6 Å². The van der Waals surface area contributed by atoms with Gasteiger partial charge in [0.05, 0.1) is 18.1 Å². The van der Waals surface area contributed by atoms with Crippen LogP contribution < -0.4 is 10.6 Å². The van der Waals surface area contributed by atoms with Gasteiger partial charge in [-0.05, 0) is 24.6 Å². The van der Waals surface area contributed by atoms with E-state index in [0.717, 1.165) is 23.6 Å². The molecule has 3 heterocycles. The molecule has 0 radical (unpaired) electrons. The molecule has 3 aromatic heterocycles. The molecule has 7 nitrogen and oxygen atoms in total. The number of nitrogens with one attached hydrogen (secondary N) is 2. The summed E-state index contributed by atoms with van der Waals surface area (Å²) in [5, 5.41) is 7.59. The predicted octanol–water partition coefficient (Wildman–Crippen LogP) is 3.17. The molecule has 0 spiro atoms. The topological polar surface area (TPSA) is 72.1 Å². The second kappa shape index (κ2) is 8.92. The second-order valence-corrected chi connectivity index (χ2v) is 6.64. The van der Waals surface area contributed by atoms with E-state index in [9.17, 15) is 0 Å². The Morgan fingerprint density at radius 2 is 2.11 bits per heavy atom. The molecule has 0 aliphatic carbocycles. The van der Waals surface area contributed by atoms with E-state index >= 15 is 0 Å². The Morgan fingerprint density at radius 3 is 2.70 bits per heavy atom. The molecule has 0 bridgehead atoms. The summed E-state index contributed by atoms with van der Waals surface area (Å²) in [4.78, 5) is 13.1.